The van der Waals surface area contributed by atoms with Crippen LogP contribution in [0.25, 0.3) is 21.3 Å². The molecule has 0 bridgehead atoms. The molecule has 0 saturated carbocycles. The third kappa shape index (κ3) is 2.14. The lowest BCUT2D eigenvalue weighted by atomic mass is 10.1. The topological polar surface area (TPSA) is 72.0 Å². The second-order valence-electron chi connectivity index (χ2n) is 3.98. The molecule has 3 heterocycles. The summed E-state index contributed by atoms with van der Waals surface area (Å²) in [5.74, 6) is -0.667. The van der Waals surface area contributed by atoms with Crippen molar-refractivity contribution in [1.29, 1.82) is 0 Å². The molecule has 0 aliphatic carbocycles. The highest BCUT2D eigenvalue weighted by Gasteiger charge is 2.16. The van der Waals surface area contributed by atoms with Gasteiger partial charge in [-0.15, -0.1) is 11.3 Å². The number of aromatic amines is 1. The maximum atomic E-state index is 12.2. The van der Waals surface area contributed by atoms with Gasteiger partial charge in [0, 0.05) is 10.9 Å². The Kier molecular flexibility index (Phi) is 3.37. The van der Waals surface area contributed by atoms with Crippen LogP contribution in [0.2, 0.25) is 0 Å². The number of esters is 1. The van der Waals surface area contributed by atoms with Crippen LogP contribution in [0.4, 0.5) is 0 Å². The second-order valence-corrected chi connectivity index (χ2v) is 5.61. The fourth-order valence-corrected chi connectivity index (χ4v) is 3.48. The van der Waals surface area contributed by atoms with E-state index in [1.165, 1.54) is 11.3 Å². The van der Waals surface area contributed by atoms with Crippen LogP contribution in [0.5, 0.6) is 0 Å². The molecule has 3 rings (SSSR count). The van der Waals surface area contributed by atoms with Gasteiger partial charge in [-0.05, 0) is 29.3 Å². The van der Waals surface area contributed by atoms with Gasteiger partial charge in [0.05, 0.1) is 12.0 Å². The third-order valence-corrected chi connectivity index (χ3v) is 4.30. The molecule has 5 nitrogen and oxygen atoms in total. The van der Waals surface area contributed by atoms with Crippen molar-refractivity contribution in [3.63, 3.8) is 0 Å². The molecule has 3 aromatic heterocycles. The Morgan fingerprint density at radius 2 is 2.30 bits per heavy atom. The first-order valence-electron chi connectivity index (χ1n) is 5.92. The van der Waals surface area contributed by atoms with Gasteiger partial charge in [-0.1, -0.05) is 0 Å². The zero-order chi connectivity index (χ0) is 14.1. The number of nitrogens with zero attached hydrogens (tertiary/aromatic N) is 1. The SMILES string of the molecule is CCOC(=O)c1nc2scc(-c3ccsc3)c2c(=O)[nH]1. The summed E-state index contributed by atoms with van der Waals surface area (Å²) in [6, 6.07) is 1.95. The van der Waals surface area contributed by atoms with Crippen LogP contribution >= 0.6 is 22.7 Å². The number of nitrogens with one attached hydrogen (secondary N) is 1. The summed E-state index contributed by atoms with van der Waals surface area (Å²) >= 11 is 2.91. The quantitative estimate of drug-likeness (QED) is 0.755. The highest BCUT2D eigenvalue weighted by atomic mass is 32.1. The standard InChI is InChI=1S/C13H10N2O3S2/c1-2-18-13(17)10-14-11(16)9-8(6-20-12(9)15-10)7-3-4-19-5-7/h3-6H,2H2,1H3,(H,14,15,16). The molecule has 0 aliphatic rings. The van der Waals surface area contributed by atoms with Crippen molar-refractivity contribution in [3.8, 4) is 11.1 Å². The summed E-state index contributed by atoms with van der Waals surface area (Å²) in [6.07, 6.45) is 0. The largest absolute Gasteiger partial charge is 0.460 e. The van der Waals surface area contributed by atoms with Gasteiger partial charge in [0.25, 0.3) is 5.56 Å². The molecule has 0 radical (unpaired) electrons. The van der Waals surface area contributed by atoms with E-state index in [4.69, 9.17) is 4.74 Å². The van der Waals surface area contributed by atoms with Gasteiger partial charge in [-0.25, -0.2) is 9.78 Å². The van der Waals surface area contributed by atoms with E-state index in [1.807, 2.05) is 22.2 Å². The van der Waals surface area contributed by atoms with E-state index in [9.17, 15) is 9.59 Å². The van der Waals surface area contributed by atoms with Crippen molar-refractivity contribution in [1.82, 2.24) is 9.97 Å². The van der Waals surface area contributed by atoms with Gasteiger partial charge < -0.3 is 9.72 Å². The number of carbonyl (C=O) groups excluding carboxylic acids is 1. The summed E-state index contributed by atoms with van der Waals surface area (Å²) < 4.78 is 4.85. The van der Waals surface area contributed by atoms with Gasteiger partial charge in [0.1, 0.15) is 4.83 Å². The predicted molar refractivity (Wildman–Crippen MR) is 79.5 cm³/mol. The number of fused-ring (bicyclic) bond motifs is 1. The van der Waals surface area contributed by atoms with E-state index in [-0.39, 0.29) is 18.0 Å². The minimum Gasteiger partial charge on any atom is -0.460 e. The fraction of sp³-hybridized carbons (Fsp3) is 0.154. The number of hydrogen-bond acceptors (Lipinski definition) is 6. The van der Waals surface area contributed by atoms with Crippen molar-refractivity contribution in [2.45, 2.75) is 6.92 Å². The van der Waals surface area contributed by atoms with Crippen LogP contribution in [0.3, 0.4) is 0 Å². The Morgan fingerprint density at radius 3 is 3.00 bits per heavy atom. The molecule has 102 valence electrons. The van der Waals surface area contributed by atoms with Crippen molar-refractivity contribution in [2.75, 3.05) is 6.61 Å². The van der Waals surface area contributed by atoms with Gasteiger partial charge in [0.2, 0.25) is 5.82 Å². The molecule has 0 amide bonds. The molecule has 20 heavy (non-hydrogen) atoms. The van der Waals surface area contributed by atoms with Crippen molar-refractivity contribution < 1.29 is 9.53 Å². The number of H-pyrrole nitrogens is 1. The zero-order valence-electron chi connectivity index (χ0n) is 10.5. The average Bonchev–Trinajstić information content (AvgIpc) is 3.07. The van der Waals surface area contributed by atoms with E-state index in [0.29, 0.717) is 10.2 Å². The van der Waals surface area contributed by atoms with Crippen molar-refractivity contribution in [2.24, 2.45) is 0 Å². The lowest BCUT2D eigenvalue weighted by Gasteiger charge is -2.01. The number of rotatable bonds is 3. The molecular formula is C13H10N2O3S2. The number of ether oxygens (including phenoxy) is 1. The monoisotopic (exact) mass is 306 g/mol. The summed E-state index contributed by atoms with van der Waals surface area (Å²) in [6.45, 7) is 1.94. The first-order chi connectivity index (χ1) is 9.70. The van der Waals surface area contributed by atoms with E-state index < -0.39 is 5.97 Å². The van der Waals surface area contributed by atoms with Crippen LogP contribution < -0.4 is 5.56 Å². The normalized spacial score (nSPS) is 10.8. The smallest absolute Gasteiger partial charge is 0.374 e. The summed E-state index contributed by atoms with van der Waals surface area (Å²) in [5, 5.41) is 6.32. The lowest BCUT2D eigenvalue weighted by Crippen LogP contribution is -2.17. The summed E-state index contributed by atoms with van der Waals surface area (Å²) in [7, 11) is 0. The third-order valence-electron chi connectivity index (χ3n) is 2.74. The molecule has 0 saturated heterocycles. The molecule has 0 atom stereocenters. The van der Waals surface area contributed by atoms with E-state index in [0.717, 1.165) is 11.1 Å². The van der Waals surface area contributed by atoms with E-state index >= 15 is 0 Å². The van der Waals surface area contributed by atoms with Crippen LogP contribution in [0, 0.1) is 0 Å². The molecule has 0 aliphatic heterocycles. The first kappa shape index (κ1) is 13.0. The Morgan fingerprint density at radius 1 is 1.45 bits per heavy atom. The minimum atomic E-state index is -0.614. The Bertz CT molecular complexity index is 818. The predicted octanol–water partition coefficient (Wildman–Crippen LogP) is 2.89. The summed E-state index contributed by atoms with van der Waals surface area (Å²) in [5.41, 5.74) is 1.51. The first-order valence-corrected chi connectivity index (χ1v) is 7.74. The molecule has 1 N–H and O–H groups in total. The van der Waals surface area contributed by atoms with Crippen molar-refractivity contribution in [3.05, 3.63) is 38.4 Å². The van der Waals surface area contributed by atoms with E-state index in [1.54, 1.807) is 18.3 Å². The fourth-order valence-electron chi connectivity index (χ4n) is 1.88. The lowest BCUT2D eigenvalue weighted by molar-refractivity contribution is 0.0512. The second kappa shape index (κ2) is 5.18. The average molecular weight is 306 g/mol. The number of carbonyl (C=O) groups is 1. The molecule has 0 fully saturated rings. The van der Waals surface area contributed by atoms with Crippen LogP contribution in [0.1, 0.15) is 17.5 Å². The van der Waals surface area contributed by atoms with Gasteiger partial charge >= 0.3 is 5.97 Å². The molecular weight excluding hydrogens is 296 g/mol. The number of hydrogen-bond donors (Lipinski definition) is 1. The molecule has 7 heteroatoms. The molecule has 0 unspecified atom stereocenters. The highest BCUT2D eigenvalue weighted by molar-refractivity contribution is 7.17. The number of thiophene rings is 2. The molecule has 3 aromatic rings. The van der Waals surface area contributed by atoms with Gasteiger partial charge in [-0.2, -0.15) is 11.3 Å². The maximum Gasteiger partial charge on any atom is 0.374 e. The van der Waals surface area contributed by atoms with Crippen LogP contribution in [-0.2, 0) is 4.74 Å². The molecule has 0 spiro atoms. The Balaban J connectivity index is 2.17. The van der Waals surface area contributed by atoms with Gasteiger partial charge in [0.15, 0.2) is 0 Å². The van der Waals surface area contributed by atoms with Crippen molar-refractivity contribution >= 4 is 38.9 Å². The number of aromatic nitrogens is 2. The van der Waals surface area contributed by atoms with Crippen LogP contribution in [0.15, 0.2) is 27.0 Å². The van der Waals surface area contributed by atoms with Crippen LogP contribution in [-0.4, -0.2) is 22.5 Å². The summed E-state index contributed by atoms with van der Waals surface area (Å²) in [4.78, 5) is 31.0. The Hall–Kier alpha value is -1.99. The Labute approximate surface area is 121 Å². The van der Waals surface area contributed by atoms with E-state index in [2.05, 4.69) is 9.97 Å². The minimum absolute atomic E-state index is 0.0527. The molecule has 0 aromatic carbocycles. The highest BCUT2D eigenvalue weighted by Crippen LogP contribution is 2.31. The maximum absolute atomic E-state index is 12.2. The van der Waals surface area contributed by atoms with Gasteiger partial charge in [-0.3, -0.25) is 4.79 Å². The zero-order valence-corrected chi connectivity index (χ0v) is 12.1.